The summed E-state index contributed by atoms with van der Waals surface area (Å²) in [6.45, 7) is 1.69. The Hall–Kier alpha value is -3.15. The summed E-state index contributed by atoms with van der Waals surface area (Å²) in [6.07, 6.45) is 0. The first-order valence-electron chi connectivity index (χ1n) is 8.48. The molecular formula is C20H18FN3O2. The van der Waals surface area contributed by atoms with Crippen LogP contribution < -0.4 is 4.74 Å². The summed E-state index contributed by atoms with van der Waals surface area (Å²) in [4.78, 5) is 14.3. The minimum absolute atomic E-state index is 0.165. The average Bonchev–Trinajstić information content (AvgIpc) is 3.09. The molecule has 1 aliphatic heterocycles. The predicted molar refractivity (Wildman–Crippen MR) is 94.1 cm³/mol. The molecule has 26 heavy (non-hydrogen) atoms. The lowest BCUT2D eigenvalue weighted by Crippen LogP contribution is -2.40. The van der Waals surface area contributed by atoms with E-state index in [0.717, 1.165) is 5.56 Å². The number of fused-ring (bicyclic) bond motifs is 1. The Bertz CT molecular complexity index is 924. The van der Waals surface area contributed by atoms with Crippen molar-refractivity contribution in [3.8, 4) is 5.88 Å². The van der Waals surface area contributed by atoms with Crippen LogP contribution in [0.15, 0.2) is 60.7 Å². The van der Waals surface area contributed by atoms with E-state index in [4.69, 9.17) is 4.74 Å². The van der Waals surface area contributed by atoms with Gasteiger partial charge in [0.05, 0.1) is 6.54 Å². The molecular weight excluding hydrogens is 333 g/mol. The Morgan fingerprint density at radius 3 is 2.62 bits per heavy atom. The molecule has 1 amide bonds. The molecule has 0 saturated heterocycles. The van der Waals surface area contributed by atoms with Gasteiger partial charge in [-0.05, 0) is 11.6 Å². The Morgan fingerprint density at radius 1 is 1.04 bits per heavy atom. The molecule has 0 aliphatic carbocycles. The quantitative estimate of drug-likeness (QED) is 0.709. The summed E-state index contributed by atoms with van der Waals surface area (Å²) >= 11 is 0. The summed E-state index contributed by atoms with van der Waals surface area (Å²) in [5.41, 5.74) is 2.01. The third-order valence-electron chi connectivity index (χ3n) is 4.39. The summed E-state index contributed by atoms with van der Waals surface area (Å²) in [7, 11) is 0. The van der Waals surface area contributed by atoms with Crippen LogP contribution in [-0.2, 0) is 19.7 Å². The summed E-state index contributed by atoms with van der Waals surface area (Å²) in [5, 5.41) is 4.35. The predicted octanol–water partition coefficient (Wildman–Crippen LogP) is 3.26. The van der Waals surface area contributed by atoms with Crippen molar-refractivity contribution in [2.45, 2.75) is 19.7 Å². The van der Waals surface area contributed by atoms with Crippen LogP contribution in [0.25, 0.3) is 0 Å². The average molecular weight is 351 g/mol. The van der Waals surface area contributed by atoms with Gasteiger partial charge >= 0.3 is 0 Å². The van der Waals surface area contributed by atoms with E-state index < -0.39 is 0 Å². The standard InChI is InChI=1S/C20H18FN3O2/c21-17-9-5-4-8-16(17)13-23-10-11-24-18(20(23)25)12-19(22-24)26-14-15-6-2-1-3-7-15/h1-9,12H,10-11,13-14H2. The van der Waals surface area contributed by atoms with Crippen LogP contribution in [0.3, 0.4) is 0 Å². The molecule has 1 aromatic heterocycles. The van der Waals surface area contributed by atoms with Crippen LogP contribution in [0.4, 0.5) is 4.39 Å². The minimum atomic E-state index is -0.300. The SMILES string of the molecule is O=C1c2cc(OCc3ccccc3)nn2CCN1Cc1ccccc1F. The number of nitrogens with zero attached hydrogens (tertiary/aromatic N) is 3. The number of carbonyl (C=O) groups excluding carboxylic acids is 1. The molecule has 132 valence electrons. The maximum absolute atomic E-state index is 13.9. The molecule has 4 rings (SSSR count). The highest BCUT2D eigenvalue weighted by atomic mass is 19.1. The van der Waals surface area contributed by atoms with Gasteiger partial charge in [0.25, 0.3) is 5.91 Å². The number of benzene rings is 2. The van der Waals surface area contributed by atoms with Gasteiger partial charge in [-0.25, -0.2) is 4.39 Å². The van der Waals surface area contributed by atoms with Crippen molar-refractivity contribution in [3.05, 3.63) is 83.3 Å². The lowest BCUT2D eigenvalue weighted by atomic mass is 10.2. The van der Waals surface area contributed by atoms with Crippen LogP contribution in [0.5, 0.6) is 5.88 Å². The van der Waals surface area contributed by atoms with E-state index in [2.05, 4.69) is 5.10 Å². The van der Waals surface area contributed by atoms with Gasteiger partial charge in [-0.1, -0.05) is 48.5 Å². The Labute approximate surface area is 150 Å². The second-order valence-corrected chi connectivity index (χ2v) is 6.18. The highest BCUT2D eigenvalue weighted by molar-refractivity contribution is 5.93. The van der Waals surface area contributed by atoms with Crippen molar-refractivity contribution in [1.29, 1.82) is 0 Å². The Kier molecular flexibility index (Phi) is 4.39. The molecule has 5 nitrogen and oxygen atoms in total. The second-order valence-electron chi connectivity index (χ2n) is 6.18. The van der Waals surface area contributed by atoms with E-state index >= 15 is 0 Å². The molecule has 6 heteroatoms. The highest BCUT2D eigenvalue weighted by Gasteiger charge is 2.27. The number of carbonyl (C=O) groups is 1. The molecule has 0 atom stereocenters. The zero-order valence-electron chi connectivity index (χ0n) is 14.1. The van der Waals surface area contributed by atoms with Crippen molar-refractivity contribution < 1.29 is 13.9 Å². The number of aromatic nitrogens is 2. The zero-order valence-corrected chi connectivity index (χ0v) is 14.1. The highest BCUT2D eigenvalue weighted by Crippen LogP contribution is 2.21. The van der Waals surface area contributed by atoms with E-state index in [9.17, 15) is 9.18 Å². The second kappa shape index (κ2) is 7.00. The van der Waals surface area contributed by atoms with E-state index in [0.29, 0.717) is 36.8 Å². The number of hydrogen-bond acceptors (Lipinski definition) is 3. The third kappa shape index (κ3) is 3.31. The number of rotatable bonds is 5. The van der Waals surface area contributed by atoms with E-state index in [1.807, 2.05) is 30.3 Å². The third-order valence-corrected chi connectivity index (χ3v) is 4.39. The van der Waals surface area contributed by atoms with Crippen molar-refractivity contribution in [3.63, 3.8) is 0 Å². The maximum Gasteiger partial charge on any atom is 0.272 e. The smallest absolute Gasteiger partial charge is 0.272 e. The molecule has 2 heterocycles. The van der Waals surface area contributed by atoms with Crippen molar-refractivity contribution in [2.75, 3.05) is 6.54 Å². The molecule has 3 aromatic rings. The number of halogens is 1. The number of amides is 1. The molecule has 1 aliphatic rings. The Balaban J connectivity index is 1.46. The molecule has 2 aromatic carbocycles. The van der Waals surface area contributed by atoms with Crippen LogP contribution in [-0.4, -0.2) is 27.1 Å². The Morgan fingerprint density at radius 2 is 1.81 bits per heavy atom. The summed E-state index contributed by atoms with van der Waals surface area (Å²) in [6, 6.07) is 17.9. The molecule has 0 fully saturated rings. The van der Waals surface area contributed by atoms with Crippen LogP contribution in [0.2, 0.25) is 0 Å². The fourth-order valence-electron chi connectivity index (χ4n) is 3.00. The van der Waals surface area contributed by atoms with Crippen LogP contribution in [0.1, 0.15) is 21.6 Å². The summed E-state index contributed by atoms with van der Waals surface area (Å²) < 4.78 is 21.2. The minimum Gasteiger partial charge on any atom is -0.472 e. The normalized spacial score (nSPS) is 13.6. The molecule has 0 unspecified atom stereocenters. The zero-order chi connectivity index (χ0) is 17.9. The van der Waals surface area contributed by atoms with Gasteiger partial charge in [0.1, 0.15) is 18.1 Å². The number of ether oxygens (including phenoxy) is 1. The van der Waals surface area contributed by atoms with Gasteiger partial charge < -0.3 is 9.64 Å². The van der Waals surface area contributed by atoms with Crippen molar-refractivity contribution >= 4 is 5.91 Å². The van der Waals surface area contributed by atoms with Gasteiger partial charge in [0.2, 0.25) is 5.88 Å². The fraction of sp³-hybridized carbons (Fsp3) is 0.200. The van der Waals surface area contributed by atoms with Crippen molar-refractivity contribution in [1.82, 2.24) is 14.7 Å². The molecule has 0 spiro atoms. The van der Waals surface area contributed by atoms with E-state index in [1.165, 1.54) is 6.07 Å². The van der Waals surface area contributed by atoms with Crippen molar-refractivity contribution in [2.24, 2.45) is 0 Å². The monoisotopic (exact) mass is 351 g/mol. The lowest BCUT2D eigenvalue weighted by molar-refractivity contribution is 0.0682. The van der Waals surface area contributed by atoms with Gasteiger partial charge in [0.15, 0.2) is 0 Å². The first-order chi connectivity index (χ1) is 12.7. The molecule has 0 saturated carbocycles. The maximum atomic E-state index is 13.9. The topological polar surface area (TPSA) is 47.4 Å². The van der Waals surface area contributed by atoms with Gasteiger partial charge in [-0.2, -0.15) is 0 Å². The summed E-state index contributed by atoms with van der Waals surface area (Å²) in [5.74, 6) is -0.0437. The largest absolute Gasteiger partial charge is 0.472 e. The molecule has 0 radical (unpaired) electrons. The first-order valence-corrected chi connectivity index (χ1v) is 8.48. The first kappa shape index (κ1) is 16.3. The van der Waals surface area contributed by atoms with E-state index in [-0.39, 0.29) is 18.3 Å². The molecule has 0 N–H and O–H groups in total. The van der Waals surface area contributed by atoms with Gasteiger partial charge in [-0.3, -0.25) is 9.48 Å². The fourth-order valence-corrected chi connectivity index (χ4v) is 3.00. The van der Waals surface area contributed by atoms with Gasteiger partial charge in [0, 0.05) is 24.7 Å². The van der Waals surface area contributed by atoms with E-state index in [1.54, 1.807) is 33.8 Å². The number of hydrogen-bond donors (Lipinski definition) is 0. The van der Waals surface area contributed by atoms with Gasteiger partial charge in [-0.15, -0.1) is 5.10 Å². The molecule has 0 bridgehead atoms. The lowest BCUT2D eigenvalue weighted by Gasteiger charge is -2.27. The van der Waals surface area contributed by atoms with Crippen LogP contribution >= 0.6 is 0 Å². The van der Waals surface area contributed by atoms with Crippen LogP contribution in [0, 0.1) is 5.82 Å².